The molecule has 126 valence electrons. The molecule has 0 bridgehead atoms. The lowest BCUT2D eigenvalue weighted by molar-refractivity contribution is -0.140. The van der Waals surface area contributed by atoms with E-state index in [2.05, 4.69) is 5.32 Å². The second-order valence-electron chi connectivity index (χ2n) is 6.18. The highest BCUT2D eigenvalue weighted by Gasteiger charge is 2.53. The number of benzene rings is 1. The van der Waals surface area contributed by atoms with Crippen molar-refractivity contribution in [2.24, 2.45) is 0 Å². The van der Waals surface area contributed by atoms with Gasteiger partial charge in [0, 0.05) is 20.5 Å². The van der Waals surface area contributed by atoms with E-state index in [1.807, 2.05) is 0 Å². The number of imide groups is 2. The van der Waals surface area contributed by atoms with Gasteiger partial charge in [0.1, 0.15) is 5.54 Å². The Kier molecular flexibility index (Phi) is 3.64. The largest absolute Gasteiger partial charge is 0.406 e. The molecule has 8 nitrogen and oxygen atoms in total. The Balaban J connectivity index is 2.04. The molecule has 1 fully saturated rings. The number of hydroxylamine groups is 2. The number of hydrogen-bond acceptors (Lipinski definition) is 6. The van der Waals surface area contributed by atoms with Gasteiger partial charge in [-0.2, -0.15) is 5.06 Å². The fraction of sp³-hybridized carbons (Fsp3) is 0.375. The topological polar surface area (TPSA) is 96.0 Å². The maximum atomic E-state index is 12.9. The zero-order chi connectivity index (χ0) is 17.6. The van der Waals surface area contributed by atoms with Gasteiger partial charge >= 0.3 is 0 Å². The maximum Gasteiger partial charge on any atom is 0.266 e. The van der Waals surface area contributed by atoms with Gasteiger partial charge in [-0.1, -0.05) is 6.07 Å². The molecule has 2 aliphatic heterocycles. The Morgan fingerprint density at radius 2 is 1.88 bits per heavy atom. The number of piperidine rings is 1. The highest BCUT2D eigenvalue weighted by Crippen LogP contribution is 2.37. The van der Waals surface area contributed by atoms with Gasteiger partial charge in [0.15, 0.2) is 5.75 Å². The molecule has 1 N–H and O–H groups in total. The van der Waals surface area contributed by atoms with Crippen LogP contribution in [0, 0.1) is 0 Å². The van der Waals surface area contributed by atoms with Crippen molar-refractivity contribution < 1.29 is 24.0 Å². The highest BCUT2D eigenvalue weighted by atomic mass is 16.7. The van der Waals surface area contributed by atoms with Gasteiger partial charge < -0.3 is 4.84 Å². The molecule has 3 rings (SSSR count). The Hall–Kier alpha value is -2.74. The summed E-state index contributed by atoms with van der Waals surface area (Å²) in [5.74, 6) is -1.98. The lowest BCUT2D eigenvalue weighted by Crippen LogP contribution is -2.62. The summed E-state index contributed by atoms with van der Waals surface area (Å²) in [6.07, 6.45) is 0.156. The van der Waals surface area contributed by atoms with Crippen molar-refractivity contribution in [2.45, 2.75) is 25.3 Å². The molecule has 1 aromatic rings. The predicted octanol–water partition coefficient (Wildman–Crippen LogP) is 0.333. The minimum Gasteiger partial charge on any atom is -0.406 e. The van der Waals surface area contributed by atoms with E-state index in [1.165, 1.54) is 18.1 Å². The number of carbonyl (C=O) groups is 4. The third-order valence-electron chi connectivity index (χ3n) is 4.23. The van der Waals surface area contributed by atoms with Gasteiger partial charge in [0.05, 0.1) is 11.1 Å². The summed E-state index contributed by atoms with van der Waals surface area (Å²) in [5.41, 5.74) is -1.09. The van der Waals surface area contributed by atoms with E-state index in [1.54, 1.807) is 26.2 Å². The number of fused-ring (bicyclic) bond motifs is 1. The predicted molar refractivity (Wildman–Crippen MR) is 82.0 cm³/mol. The average molecular weight is 331 g/mol. The molecule has 2 aliphatic rings. The van der Waals surface area contributed by atoms with Gasteiger partial charge in [-0.15, -0.1) is 0 Å². The van der Waals surface area contributed by atoms with Crippen molar-refractivity contribution in [3.63, 3.8) is 0 Å². The molecule has 0 radical (unpaired) electrons. The second kappa shape index (κ2) is 5.41. The first-order valence-electron chi connectivity index (χ1n) is 7.47. The van der Waals surface area contributed by atoms with Crippen molar-refractivity contribution in [3.8, 4) is 5.75 Å². The van der Waals surface area contributed by atoms with Crippen LogP contribution in [0.25, 0.3) is 0 Å². The van der Waals surface area contributed by atoms with Gasteiger partial charge in [0.2, 0.25) is 5.91 Å². The normalized spacial score (nSPS) is 23.6. The SMILES string of the molecule is CN(C)Oc1cccc2c1C(=O)N(C1(C)CCC(=O)NC1=O)C2=O. The van der Waals surface area contributed by atoms with Crippen molar-refractivity contribution in [2.75, 3.05) is 14.1 Å². The van der Waals surface area contributed by atoms with Gasteiger partial charge in [-0.3, -0.25) is 29.4 Å². The van der Waals surface area contributed by atoms with Crippen LogP contribution in [0.1, 0.15) is 40.5 Å². The molecular formula is C16H17N3O5. The van der Waals surface area contributed by atoms with E-state index < -0.39 is 29.2 Å². The zero-order valence-corrected chi connectivity index (χ0v) is 13.6. The number of carbonyl (C=O) groups excluding carboxylic acids is 4. The van der Waals surface area contributed by atoms with Crippen molar-refractivity contribution in [3.05, 3.63) is 29.3 Å². The molecule has 0 spiro atoms. The van der Waals surface area contributed by atoms with Crippen molar-refractivity contribution >= 4 is 23.6 Å². The van der Waals surface area contributed by atoms with E-state index in [0.29, 0.717) is 0 Å². The molecule has 1 atom stereocenters. The molecule has 0 saturated carbocycles. The number of nitrogens with zero attached hydrogens (tertiary/aromatic N) is 2. The first-order chi connectivity index (χ1) is 11.3. The quantitative estimate of drug-likeness (QED) is 0.633. The number of nitrogens with one attached hydrogen (secondary N) is 1. The van der Waals surface area contributed by atoms with Crippen LogP contribution in [0.5, 0.6) is 5.75 Å². The molecule has 4 amide bonds. The van der Waals surface area contributed by atoms with Crippen LogP contribution < -0.4 is 10.2 Å². The molecule has 24 heavy (non-hydrogen) atoms. The van der Waals surface area contributed by atoms with Crippen LogP contribution in [0.2, 0.25) is 0 Å². The Labute approximate surface area is 138 Å². The van der Waals surface area contributed by atoms with E-state index >= 15 is 0 Å². The molecule has 0 aromatic heterocycles. The van der Waals surface area contributed by atoms with Gasteiger partial charge in [0.25, 0.3) is 17.7 Å². The standard InChI is InChI=1S/C16H17N3O5/c1-16(8-7-11(20)17-15(16)23)19-13(21)9-5-4-6-10(24-18(2)3)12(9)14(19)22/h4-6H,7-8H2,1-3H3,(H,17,20,23). The minimum atomic E-state index is -1.41. The molecule has 1 aromatic carbocycles. The van der Waals surface area contributed by atoms with Crippen LogP contribution in [0.4, 0.5) is 0 Å². The maximum absolute atomic E-state index is 12.9. The first-order valence-corrected chi connectivity index (χ1v) is 7.47. The lowest BCUT2D eigenvalue weighted by Gasteiger charge is -2.38. The third-order valence-corrected chi connectivity index (χ3v) is 4.23. The highest BCUT2D eigenvalue weighted by molar-refractivity contribution is 6.25. The molecule has 1 saturated heterocycles. The molecule has 0 aliphatic carbocycles. The van der Waals surface area contributed by atoms with Crippen LogP contribution in [0.3, 0.4) is 0 Å². The average Bonchev–Trinajstić information content (AvgIpc) is 2.76. The Morgan fingerprint density at radius 1 is 1.17 bits per heavy atom. The van der Waals surface area contributed by atoms with E-state index in [0.717, 1.165) is 4.90 Å². The summed E-state index contributed by atoms with van der Waals surface area (Å²) >= 11 is 0. The number of rotatable bonds is 3. The summed E-state index contributed by atoms with van der Waals surface area (Å²) in [6.45, 7) is 1.49. The smallest absolute Gasteiger partial charge is 0.266 e. The minimum absolute atomic E-state index is 0.0662. The second-order valence-corrected chi connectivity index (χ2v) is 6.18. The Bertz CT molecular complexity index is 773. The van der Waals surface area contributed by atoms with Gasteiger partial charge in [-0.05, 0) is 25.5 Å². The fourth-order valence-electron chi connectivity index (χ4n) is 2.98. The van der Waals surface area contributed by atoms with Crippen LogP contribution in [0.15, 0.2) is 18.2 Å². The summed E-state index contributed by atoms with van der Waals surface area (Å²) in [6, 6.07) is 4.72. The molecule has 1 unspecified atom stereocenters. The fourth-order valence-corrected chi connectivity index (χ4v) is 2.98. The van der Waals surface area contributed by atoms with Crippen LogP contribution in [-0.4, -0.2) is 53.2 Å². The van der Waals surface area contributed by atoms with Gasteiger partial charge in [-0.25, -0.2) is 0 Å². The lowest BCUT2D eigenvalue weighted by atomic mass is 9.89. The van der Waals surface area contributed by atoms with Crippen LogP contribution >= 0.6 is 0 Å². The summed E-state index contributed by atoms with van der Waals surface area (Å²) in [5, 5.41) is 3.60. The van der Waals surface area contributed by atoms with Crippen molar-refractivity contribution in [1.29, 1.82) is 0 Å². The number of amides is 4. The number of hydrogen-bond donors (Lipinski definition) is 1. The molecule has 8 heteroatoms. The summed E-state index contributed by atoms with van der Waals surface area (Å²) in [7, 11) is 3.31. The zero-order valence-electron chi connectivity index (χ0n) is 13.6. The van der Waals surface area contributed by atoms with E-state index in [9.17, 15) is 19.2 Å². The van der Waals surface area contributed by atoms with Crippen LogP contribution in [-0.2, 0) is 9.59 Å². The third kappa shape index (κ3) is 2.26. The van der Waals surface area contributed by atoms with E-state index in [4.69, 9.17) is 4.84 Å². The Morgan fingerprint density at radius 3 is 2.50 bits per heavy atom. The summed E-state index contributed by atoms with van der Waals surface area (Å²) in [4.78, 5) is 55.7. The van der Waals surface area contributed by atoms with Crippen molar-refractivity contribution in [1.82, 2.24) is 15.3 Å². The van der Waals surface area contributed by atoms with E-state index in [-0.39, 0.29) is 29.7 Å². The summed E-state index contributed by atoms with van der Waals surface area (Å²) < 4.78 is 0. The monoisotopic (exact) mass is 331 g/mol. The molecule has 2 heterocycles. The first kappa shape index (κ1) is 16.1. The molecular weight excluding hydrogens is 314 g/mol.